The first-order valence-electron chi connectivity index (χ1n) is 13.9. The molecule has 5 rings (SSSR count). The third kappa shape index (κ3) is 7.66. The molecule has 0 unspecified atom stereocenters. The summed E-state index contributed by atoms with van der Waals surface area (Å²) in [7, 11) is 0.958. The van der Waals surface area contributed by atoms with Crippen LogP contribution in [0.5, 0.6) is 0 Å². The molecule has 1 fully saturated rings. The average molecular weight is 610 g/mol. The van der Waals surface area contributed by atoms with Crippen LogP contribution in [0.3, 0.4) is 0 Å². The molecule has 43 heavy (non-hydrogen) atoms. The summed E-state index contributed by atoms with van der Waals surface area (Å²) in [6.45, 7) is 9.28. The van der Waals surface area contributed by atoms with E-state index in [1.807, 2.05) is 32.0 Å². The molecule has 1 aliphatic rings. The monoisotopic (exact) mass is 609 g/mol. The Morgan fingerprint density at radius 3 is 2.47 bits per heavy atom. The minimum absolute atomic E-state index is 0.280. The van der Waals surface area contributed by atoms with Crippen molar-refractivity contribution in [3.05, 3.63) is 48.4 Å². The number of nitrogens with one attached hydrogen (secondary N) is 2. The van der Waals surface area contributed by atoms with Crippen molar-refractivity contribution in [3.63, 3.8) is 0 Å². The summed E-state index contributed by atoms with van der Waals surface area (Å²) in [5, 5.41) is 16.6. The third-order valence-electron chi connectivity index (χ3n) is 7.23. The molecule has 228 valence electrons. The van der Waals surface area contributed by atoms with Crippen LogP contribution in [0.1, 0.15) is 46.1 Å². The number of hydrogen-bond acceptors (Lipinski definition) is 10. The van der Waals surface area contributed by atoms with Crippen molar-refractivity contribution < 1.29 is 24.2 Å². The first kappa shape index (κ1) is 31.9. The van der Waals surface area contributed by atoms with Crippen molar-refractivity contribution in [2.24, 2.45) is 5.41 Å². The number of aliphatic hydroxyl groups is 1. The number of thiazole rings is 1. The van der Waals surface area contributed by atoms with Crippen molar-refractivity contribution in [2.45, 2.75) is 46.1 Å². The number of aromatic nitrogens is 4. The summed E-state index contributed by atoms with van der Waals surface area (Å²) in [5.74, 6) is 0.639. The van der Waals surface area contributed by atoms with Crippen molar-refractivity contribution in [1.82, 2.24) is 25.3 Å². The van der Waals surface area contributed by atoms with Gasteiger partial charge in [-0.3, -0.25) is 10.3 Å². The molecule has 4 heterocycles. The van der Waals surface area contributed by atoms with Gasteiger partial charge in [-0.1, -0.05) is 18.3 Å². The van der Waals surface area contributed by atoms with E-state index in [4.69, 9.17) is 0 Å². The Morgan fingerprint density at radius 2 is 1.86 bits per heavy atom. The number of fused-ring (bicyclic) bond motifs is 1. The number of urea groups is 1. The Labute approximate surface area is 253 Å². The van der Waals surface area contributed by atoms with Gasteiger partial charge in [0.1, 0.15) is 6.29 Å². The van der Waals surface area contributed by atoms with Crippen LogP contribution in [-0.2, 0) is 15.3 Å². The van der Waals surface area contributed by atoms with Gasteiger partial charge in [-0.05, 0) is 73.5 Å². The minimum Gasteiger partial charge on any atom is -0.386 e. The van der Waals surface area contributed by atoms with E-state index >= 15 is 0 Å². The number of carbonyl (C=O) groups is 2. The fraction of sp³-hybridized carbons (Fsp3) is 0.400. The molecular weight excluding hydrogens is 573 g/mol. The Balaban J connectivity index is 0.00000135. The highest BCUT2D eigenvalue weighted by Crippen LogP contribution is 2.39. The second-order valence-corrected chi connectivity index (χ2v) is 12.0. The zero-order valence-corrected chi connectivity index (χ0v) is 25.7. The molecule has 1 aliphatic heterocycles. The van der Waals surface area contributed by atoms with Crippen LogP contribution in [0.4, 0.5) is 20.4 Å². The summed E-state index contributed by atoms with van der Waals surface area (Å²) < 4.78 is 10.7. The molecule has 0 bridgehead atoms. The first-order valence-corrected chi connectivity index (χ1v) is 14.7. The van der Waals surface area contributed by atoms with Crippen LogP contribution in [0.25, 0.3) is 32.6 Å². The number of anilines is 2. The zero-order valence-electron chi connectivity index (χ0n) is 24.8. The standard InChI is InChI=1S/C29H33N7O3S.CH3FO/c1-5-30-26(38)35-27-34-23-13-18(12-21(24(23)40-27)22-14-20(6-9-31-22)28(2,3)39)19-15-32-25(33-16-19)36-10-7-29(4,17-37)8-11-36;1-3-2/h6,9,12-17,39H,5,7-8,10-11H2,1-4H3,(H2,30,34,35,38);1H3. The van der Waals surface area contributed by atoms with Crippen LogP contribution in [0.2, 0.25) is 0 Å². The molecule has 1 saturated heterocycles. The second kappa shape index (κ2) is 13.5. The van der Waals surface area contributed by atoms with Crippen LogP contribution in [0.15, 0.2) is 42.9 Å². The molecule has 1 aromatic carbocycles. The second-order valence-electron chi connectivity index (χ2n) is 11.0. The first-order chi connectivity index (χ1) is 20.5. The van der Waals surface area contributed by atoms with Crippen molar-refractivity contribution >= 4 is 45.0 Å². The third-order valence-corrected chi connectivity index (χ3v) is 8.25. The molecule has 4 aromatic rings. The predicted molar refractivity (Wildman–Crippen MR) is 166 cm³/mol. The minimum atomic E-state index is -1.03. The lowest BCUT2D eigenvalue weighted by atomic mass is 9.82. The maximum atomic E-state index is 12.2. The van der Waals surface area contributed by atoms with E-state index in [9.17, 15) is 19.2 Å². The number of piperidine rings is 1. The van der Waals surface area contributed by atoms with Gasteiger partial charge in [-0.25, -0.2) is 19.7 Å². The fourth-order valence-corrected chi connectivity index (χ4v) is 5.64. The van der Waals surface area contributed by atoms with E-state index in [1.54, 1.807) is 38.5 Å². The molecule has 0 saturated carbocycles. The predicted octanol–water partition coefficient (Wildman–Crippen LogP) is 5.51. The summed E-state index contributed by atoms with van der Waals surface area (Å²) in [5.41, 5.74) is 3.30. The largest absolute Gasteiger partial charge is 0.386 e. The average Bonchev–Trinajstić information content (AvgIpc) is 3.39. The Bertz CT molecular complexity index is 1570. The maximum absolute atomic E-state index is 12.2. The van der Waals surface area contributed by atoms with E-state index in [2.05, 4.69) is 40.4 Å². The molecule has 3 N–H and O–H groups in total. The summed E-state index contributed by atoms with van der Waals surface area (Å²) in [6.07, 6.45) is 7.87. The van der Waals surface area contributed by atoms with Gasteiger partial charge in [0.05, 0.1) is 28.6 Å². The molecule has 13 heteroatoms. The Morgan fingerprint density at radius 1 is 1.19 bits per heavy atom. The highest BCUT2D eigenvalue weighted by molar-refractivity contribution is 7.22. The number of carbonyl (C=O) groups excluding carboxylic acids is 2. The van der Waals surface area contributed by atoms with Crippen LogP contribution in [0, 0.1) is 5.41 Å². The van der Waals surface area contributed by atoms with E-state index in [0.717, 1.165) is 66.3 Å². The van der Waals surface area contributed by atoms with E-state index in [0.29, 0.717) is 28.8 Å². The topological polar surface area (TPSA) is 142 Å². The fourth-order valence-electron chi connectivity index (χ4n) is 4.67. The molecule has 0 atom stereocenters. The number of hydrogen-bond donors (Lipinski definition) is 3. The van der Waals surface area contributed by atoms with Crippen molar-refractivity contribution in [2.75, 3.05) is 37.0 Å². The van der Waals surface area contributed by atoms with Crippen molar-refractivity contribution in [1.29, 1.82) is 0 Å². The van der Waals surface area contributed by atoms with Gasteiger partial charge in [0.2, 0.25) is 5.95 Å². The molecule has 3 aromatic heterocycles. The molecule has 0 aliphatic carbocycles. The summed E-state index contributed by atoms with van der Waals surface area (Å²) in [6, 6.07) is 7.32. The lowest BCUT2D eigenvalue weighted by Gasteiger charge is -2.35. The number of halogens is 1. The molecule has 2 amide bonds. The maximum Gasteiger partial charge on any atom is 0.321 e. The summed E-state index contributed by atoms with van der Waals surface area (Å²) in [4.78, 5) is 47.0. The quantitative estimate of drug-likeness (QED) is 0.231. The smallest absolute Gasteiger partial charge is 0.321 e. The van der Waals surface area contributed by atoms with Crippen LogP contribution in [-0.4, -0.2) is 64.1 Å². The SMILES string of the molecule is CCNC(=O)Nc1nc2cc(-c3cnc(N4CCC(C)(C=O)CC4)nc3)cc(-c3cc(C(C)(C)O)ccn3)c2s1.COF. The van der Waals surface area contributed by atoms with E-state index in [1.165, 1.54) is 11.3 Å². The van der Waals surface area contributed by atoms with Gasteiger partial charge in [0.25, 0.3) is 0 Å². The number of benzene rings is 1. The van der Waals surface area contributed by atoms with Gasteiger partial charge >= 0.3 is 6.03 Å². The lowest BCUT2D eigenvalue weighted by Crippen LogP contribution is -2.40. The van der Waals surface area contributed by atoms with Crippen molar-refractivity contribution in [3.8, 4) is 22.4 Å². The Hall–Kier alpha value is -4.07. The van der Waals surface area contributed by atoms with E-state index in [-0.39, 0.29) is 11.4 Å². The van der Waals surface area contributed by atoms with Gasteiger partial charge in [0.15, 0.2) is 5.13 Å². The Kier molecular flexibility index (Phi) is 9.99. The van der Waals surface area contributed by atoms with Crippen LogP contribution < -0.4 is 15.5 Å². The van der Waals surface area contributed by atoms with Crippen LogP contribution >= 0.6 is 11.3 Å². The molecule has 0 radical (unpaired) electrons. The molecule has 11 nitrogen and oxygen atoms in total. The number of amides is 2. The normalized spacial score (nSPS) is 14.5. The molecular formula is C30H36FN7O4S. The number of nitrogens with zero attached hydrogens (tertiary/aromatic N) is 5. The van der Waals surface area contributed by atoms with Gasteiger partial charge in [0, 0.05) is 54.8 Å². The number of pyridine rings is 1. The van der Waals surface area contributed by atoms with Gasteiger partial charge < -0.3 is 20.1 Å². The number of rotatable bonds is 7. The summed E-state index contributed by atoms with van der Waals surface area (Å²) >= 11 is 1.36. The lowest BCUT2D eigenvalue weighted by molar-refractivity contribution is -0.116. The van der Waals surface area contributed by atoms with E-state index < -0.39 is 5.60 Å². The van der Waals surface area contributed by atoms with Gasteiger partial charge in [-0.2, -0.15) is 4.94 Å². The number of aldehydes is 1. The molecule has 0 spiro atoms. The highest BCUT2D eigenvalue weighted by Gasteiger charge is 2.30. The highest BCUT2D eigenvalue weighted by atomic mass is 32.1. The van der Waals surface area contributed by atoms with Gasteiger partial charge in [-0.15, -0.1) is 0 Å². The zero-order chi connectivity index (χ0) is 31.2.